The number of carbonyl (C=O) groups excluding carboxylic acids is 1. The van der Waals surface area contributed by atoms with E-state index in [0.717, 1.165) is 31.6 Å². The fourth-order valence-electron chi connectivity index (χ4n) is 2.12. The predicted octanol–water partition coefficient (Wildman–Crippen LogP) is 0.743. The fourth-order valence-corrected chi connectivity index (χ4v) is 2.30. The van der Waals surface area contributed by atoms with Crippen LogP contribution in [0.1, 0.15) is 23.2 Å². The third-order valence-electron chi connectivity index (χ3n) is 3.40. The van der Waals surface area contributed by atoms with Gasteiger partial charge in [-0.05, 0) is 18.2 Å². The molecule has 1 aliphatic heterocycles. The highest BCUT2D eigenvalue weighted by Gasteiger charge is 2.16. The summed E-state index contributed by atoms with van der Waals surface area (Å²) in [6, 6.07) is 4.93. The van der Waals surface area contributed by atoms with Crippen molar-refractivity contribution in [2.45, 2.75) is 12.8 Å². The van der Waals surface area contributed by atoms with Crippen LogP contribution in [-0.4, -0.2) is 38.9 Å². The first-order chi connectivity index (χ1) is 9.60. The lowest BCUT2D eigenvalue weighted by Crippen LogP contribution is -3.10. The van der Waals surface area contributed by atoms with Gasteiger partial charge < -0.3 is 9.64 Å². The van der Waals surface area contributed by atoms with Crippen molar-refractivity contribution < 1.29 is 14.4 Å². The highest BCUT2D eigenvalue weighted by molar-refractivity contribution is 6.31. The lowest BCUT2D eigenvalue weighted by Gasteiger charge is -2.20. The maximum absolute atomic E-state index is 12.1. The summed E-state index contributed by atoms with van der Waals surface area (Å²) < 4.78 is 5.16. The van der Waals surface area contributed by atoms with Crippen LogP contribution in [0.25, 0.3) is 0 Å². The van der Waals surface area contributed by atoms with Crippen molar-refractivity contribution >= 4 is 23.2 Å². The standard InChI is InChI=1S/C14H18ClN3O2/c1-18-7-5-11(6-8-18)16-17-14(19)12-9-10(15)3-4-13(12)20-2/h3-4,9H,5-8H2,1-2H3,(H,17,19)/p+1. The van der Waals surface area contributed by atoms with Crippen LogP contribution in [0.2, 0.25) is 5.02 Å². The molecule has 0 unspecified atom stereocenters. The van der Waals surface area contributed by atoms with Gasteiger partial charge in [0.1, 0.15) is 5.75 Å². The van der Waals surface area contributed by atoms with Crippen LogP contribution >= 0.6 is 11.6 Å². The number of nitrogens with zero attached hydrogens (tertiary/aromatic N) is 1. The first kappa shape index (κ1) is 14.8. The van der Waals surface area contributed by atoms with Gasteiger partial charge in [-0.2, -0.15) is 5.10 Å². The van der Waals surface area contributed by atoms with Gasteiger partial charge >= 0.3 is 0 Å². The Morgan fingerprint density at radius 2 is 2.10 bits per heavy atom. The molecule has 1 heterocycles. The van der Waals surface area contributed by atoms with Crippen molar-refractivity contribution in [3.8, 4) is 5.75 Å². The molecule has 0 aromatic heterocycles. The molecule has 0 saturated carbocycles. The Morgan fingerprint density at radius 1 is 1.40 bits per heavy atom. The van der Waals surface area contributed by atoms with E-state index < -0.39 is 0 Å². The molecule has 0 spiro atoms. The van der Waals surface area contributed by atoms with Gasteiger partial charge in [-0.15, -0.1) is 0 Å². The largest absolute Gasteiger partial charge is 0.496 e. The first-order valence-corrected chi connectivity index (χ1v) is 6.98. The van der Waals surface area contributed by atoms with Crippen LogP contribution in [0, 0.1) is 0 Å². The number of methoxy groups -OCH3 is 1. The zero-order valence-corrected chi connectivity index (χ0v) is 12.5. The third-order valence-corrected chi connectivity index (χ3v) is 3.64. The lowest BCUT2D eigenvalue weighted by molar-refractivity contribution is -0.880. The molecule has 20 heavy (non-hydrogen) atoms. The van der Waals surface area contributed by atoms with E-state index in [-0.39, 0.29) is 5.91 Å². The predicted molar refractivity (Wildman–Crippen MR) is 78.8 cm³/mol. The molecule has 1 amide bonds. The number of hydrogen-bond acceptors (Lipinski definition) is 3. The van der Waals surface area contributed by atoms with Gasteiger partial charge in [0.2, 0.25) is 0 Å². The number of likely N-dealkylation sites (tertiary alicyclic amines) is 1. The molecular weight excluding hydrogens is 278 g/mol. The minimum atomic E-state index is -0.303. The van der Waals surface area contributed by atoms with Crippen molar-refractivity contribution in [3.63, 3.8) is 0 Å². The van der Waals surface area contributed by atoms with Crippen molar-refractivity contribution in [2.75, 3.05) is 27.2 Å². The Labute approximate surface area is 123 Å². The lowest BCUT2D eigenvalue weighted by atomic mass is 10.1. The summed E-state index contributed by atoms with van der Waals surface area (Å²) in [7, 11) is 3.68. The van der Waals surface area contributed by atoms with E-state index >= 15 is 0 Å². The third kappa shape index (κ3) is 3.71. The van der Waals surface area contributed by atoms with Gasteiger partial charge in [0.05, 0.1) is 32.8 Å². The molecule has 1 aromatic carbocycles. The summed E-state index contributed by atoms with van der Waals surface area (Å²) in [5.41, 5.74) is 4.01. The van der Waals surface area contributed by atoms with E-state index in [0.29, 0.717) is 16.3 Å². The number of hydrazone groups is 1. The molecule has 6 heteroatoms. The zero-order chi connectivity index (χ0) is 14.5. The van der Waals surface area contributed by atoms with Crippen molar-refractivity contribution in [3.05, 3.63) is 28.8 Å². The summed E-state index contributed by atoms with van der Waals surface area (Å²) in [6.45, 7) is 2.10. The number of rotatable bonds is 3. The number of carbonyl (C=O) groups is 1. The molecule has 0 radical (unpaired) electrons. The Bertz CT molecular complexity index is 521. The SMILES string of the molecule is COc1ccc(Cl)cc1C(=O)NN=C1CC[NH+](C)CC1. The van der Waals surface area contributed by atoms with Gasteiger partial charge in [0.15, 0.2) is 0 Å². The highest BCUT2D eigenvalue weighted by atomic mass is 35.5. The summed E-state index contributed by atoms with van der Waals surface area (Å²) in [5, 5.41) is 4.70. The summed E-state index contributed by atoms with van der Waals surface area (Å²) in [6.07, 6.45) is 1.83. The van der Waals surface area contributed by atoms with Gasteiger partial charge in [-0.25, -0.2) is 5.43 Å². The molecule has 2 N–H and O–H groups in total. The van der Waals surface area contributed by atoms with E-state index in [1.165, 1.54) is 12.0 Å². The number of nitrogens with one attached hydrogen (secondary N) is 2. The molecule has 0 aliphatic carbocycles. The Kier molecular flexibility index (Phi) is 4.98. The van der Waals surface area contributed by atoms with Crippen LogP contribution in [-0.2, 0) is 0 Å². The Balaban J connectivity index is 2.05. The molecule has 2 rings (SSSR count). The van der Waals surface area contributed by atoms with Crippen LogP contribution in [0.4, 0.5) is 0 Å². The smallest absolute Gasteiger partial charge is 0.275 e. The maximum atomic E-state index is 12.1. The molecule has 1 saturated heterocycles. The van der Waals surface area contributed by atoms with Crippen LogP contribution in [0.15, 0.2) is 23.3 Å². The topological polar surface area (TPSA) is 55.1 Å². The normalized spacial score (nSPS) is 18.6. The van der Waals surface area contributed by atoms with Crippen LogP contribution in [0.5, 0.6) is 5.75 Å². The van der Waals surface area contributed by atoms with Crippen LogP contribution in [0.3, 0.4) is 0 Å². The Hall–Kier alpha value is -1.59. The summed E-state index contributed by atoms with van der Waals surface area (Å²) in [4.78, 5) is 13.6. The van der Waals surface area contributed by atoms with E-state index in [4.69, 9.17) is 16.3 Å². The number of ether oxygens (including phenoxy) is 1. The molecule has 1 aliphatic rings. The van der Waals surface area contributed by atoms with Gasteiger partial charge in [0.25, 0.3) is 5.91 Å². The van der Waals surface area contributed by atoms with Crippen molar-refractivity contribution in [1.82, 2.24) is 5.43 Å². The average Bonchev–Trinajstić information content (AvgIpc) is 2.46. The number of piperidine rings is 1. The summed E-state index contributed by atoms with van der Waals surface area (Å²) >= 11 is 5.91. The minimum absolute atomic E-state index is 0.303. The van der Waals surface area contributed by atoms with Crippen LogP contribution < -0.4 is 15.1 Å². The highest BCUT2D eigenvalue weighted by Crippen LogP contribution is 2.22. The number of amides is 1. The number of halogens is 1. The second-order valence-corrected chi connectivity index (χ2v) is 5.36. The van der Waals surface area contributed by atoms with Gasteiger partial charge in [-0.3, -0.25) is 4.79 Å². The summed E-state index contributed by atoms with van der Waals surface area (Å²) in [5.74, 6) is 0.183. The molecule has 5 nitrogen and oxygen atoms in total. The monoisotopic (exact) mass is 296 g/mol. The number of quaternary nitrogens is 1. The molecule has 1 aromatic rings. The average molecular weight is 297 g/mol. The minimum Gasteiger partial charge on any atom is -0.496 e. The number of hydrogen-bond donors (Lipinski definition) is 2. The maximum Gasteiger partial charge on any atom is 0.275 e. The quantitative estimate of drug-likeness (QED) is 0.809. The van der Waals surface area contributed by atoms with Gasteiger partial charge in [0, 0.05) is 23.6 Å². The molecule has 0 atom stereocenters. The first-order valence-electron chi connectivity index (χ1n) is 6.60. The van der Waals surface area contributed by atoms with E-state index in [2.05, 4.69) is 17.6 Å². The molecule has 108 valence electrons. The van der Waals surface area contributed by atoms with E-state index in [1.54, 1.807) is 18.2 Å². The molecule has 1 fully saturated rings. The fraction of sp³-hybridized carbons (Fsp3) is 0.429. The Morgan fingerprint density at radius 3 is 2.75 bits per heavy atom. The van der Waals surface area contributed by atoms with E-state index in [1.807, 2.05) is 0 Å². The second kappa shape index (κ2) is 6.72. The number of benzene rings is 1. The second-order valence-electron chi connectivity index (χ2n) is 4.92. The molecular formula is C14H19ClN3O2+. The van der Waals surface area contributed by atoms with Crippen molar-refractivity contribution in [2.24, 2.45) is 5.10 Å². The van der Waals surface area contributed by atoms with E-state index in [9.17, 15) is 4.79 Å². The zero-order valence-electron chi connectivity index (χ0n) is 11.7. The van der Waals surface area contributed by atoms with Crippen molar-refractivity contribution in [1.29, 1.82) is 0 Å². The molecule has 0 bridgehead atoms. The van der Waals surface area contributed by atoms with Gasteiger partial charge in [-0.1, -0.05) is 11.6 Å².